The Labute approximate surface area is 265 Å². The van der Waals surface area contributed by atoms with Crippen LogP contribution in [0.1, 0.15) is 72.6 Å². The molecule has 4 rings (SSSR count). The zero-order valence-corrected chi connectivity index (χ0v) is 29.9. The fraction of sp³-hybridized carbons (Fsp3) is 0.625. The van der Waals surface area contributed by atoms with Gasteiger partial charge in [0.15, 0.2) is 9.04 Å². The summed E-state index contributed by atoms with van der Waals surface area (Å²) in [5.41, 5.74) is 4.03. The number of ether oxygens (including phenoxy) is 2. The molecule has 1 fully saturated rings. The predicted molar refractivity (Wildman–Crippen MR) is 177 cm³/mol. The lowest BCUT2D eigenvalue weighted by molar-refractivity contribution is 0.0127. The van der Waals surface area contributed by atoms with Gasteiger partial charge in [-0.2, -0.15) is 4.98 Å². The van der Waals surface area contributed by atoms with Crippen LogP contribution in [0.25, 0.3) is 11.0 Å². The summed E-state index contributed by atoms with van der Waals surface area (Å²) in [5.74, 6) is 0.425. The molecular formula is C32H52N4O6Si2. The highest BCUT2D eigenvalue weighted by molar-refractivity contribution is 6.68. The maximum absolute atomic E-state index is 12.0. The summed E-state index contributed by atoms with van der Waals surface area (Å²) in [6.07, 6.45) is 1.80. The van der Waals surface area contributed by atoms with Gasteiger partial charge in [0.2, 0.25) is 5.88 Å². The highest BCUT2D eigenvalue weighted by Crippen LogP contribution is 2.40. The van der Waals surface area contributed by atoms with E-state index >= 15 is 0 Å². The number of fused-ring (bicyclic) bond motifs is 1. The first kappa shape index (κ1) is 34.7. The van der Waals surface area contributed by atoms with E-state index in [1.807, 2.05) is 68.8 Å². The zero-order valence-electron chi connectivity index (χ0n) is 27.7. The van der Waals surface area contributed by atoms with Crippen LogP contribution in [0.15, 0.2) is 42.9 Å². The Bertz CT molecular complexity index is 1320. The van der Waals surface area contributed by atoms with Crippen LogP contribution in [-0.4, -0.2) is 74.0 Å². The van der Waals surface area contributed by atoms with Crippen LogP contribution in [0.2, 0.25) is 22.2 Å². The van der Waals surface area contributed by atoms with Crippen molar-refractivity contribution < 1.29 is 28.2 Å². The van der Waals surface area contributed by atoms with Gasteiger partial charge in [0.05, 0.1) is 38.5 Å². The molecule has 0 bridgehead atoms. The third kappa shape index (κ3) is 7.44. The first-order chi connectivity index (χ1) is 20.9. The standard InChI is InChI=1S/C32H52N4O6Si2/c1-20(2)43(21(3)4)41-17-26-31(42-44(38,22(5)6)23(7)8)30(37)28(35-26)25-15-36(19-40-16-24-13-11-10-12-14-24)29-27(25)33-18-34-32(29)39-9/h10-15,18,20-23,26,28,30-31,35,37-38,43H,16-17,19H2,1-9H3/t26-,28+,30+,31-/m1/s1. The molecule has 3 aromatic rings. The van der Waals surface area contributed by atoms with E-state index in [0.717, 1.165) is 11.1 Å². The molecule has 1 aliphatic rings. The lowest BCUT2D eigenvalue weighted by Crippen LogP contribution is -2.53. The van der Waals surface area contributed by atoms with Crippen molar-refractivity contribution in [3.8, 4) is 5.88 Å². The topological polar surface area (TPSA) is 120 Å². The van der Waals surface area contributed by atoms with E-state index in [1.54, 1.807) is 7.11 Å². The van der Waals surface area contributed by atoms with E-state index in [1.165, 1.54) is 6.33 Å². The second kappa shape index (κ2) is 14.9. The van der Waals surface area contributed by atoms with Crippen molar-refractivity contribution in [2.75, 3.05) is 13.7 Å². The summed E-state index contributed by atoms with van der Waals surface area (Å²) in [6.45, 7) is 17.9. The summed E-state index contributed by atoms with van der Waals surface area (Å²) in [4.78, 5) is 20.8. The minimum absolute atomic E-state index is 0.0514. The van der Waals surface area contributed by atoms with Crippen LogP contribution in [0, 0.1) is 0 Å². The number of aliphatic hydroxyl groups excluding tert-OH is 1. The first-order valence-corrected chi connectivity index (χ1v) is 19.7. The maximum Gasteiger partial charge on any atom is 0.341 e. The van der Waals surface area contributed by atoms with E-state index in [2.05, 4.69) is 43.0 Å². The largest absolute Gasteiger partial charge is 0.479 e. The number of aliphatic hydroxyl groups is 1. The van der Waals surface area contributed by atoms with Crippen molar-refractivity contribution in [1.29, 1.82) is 0 Å². The fourth-order valence-corrected chi connectivity index (χ4v) is 11.7. The van der Waals surface area contributed by atoms with Crippen molar-refractivity contribution in [2.45, 2.75) is 115 Å². The van der Waals surface area contributed by atoms with E-state index in [4.69, 9.17) is 18.3 Å². The normalized spacial score (nSPS) is 21.2. The van der Waals surface area contributed by atoms with Crippen molar-refractivity contribution in [1.82, 2.24) is 19.9 Å². The molecule has 1 aliphatic heterocycles. The zero-order chi connectivity index (χ0) is 32.2. The molecule has 0 radical (unpaired) electrons. The molecule has 244 valence electrons. The Morgan fingerprint density at radius 3 is 2.25 bits per heavy atom. The third-order valence-corrected chi connectivity index (χ3v) is 15.9. The van der Waals surface area contributed by atoms with Gasteiger partial charge in [0.25, 0.3) is 0 Å². The van der Waals surface area contributed by atoms with Crippen molar-refractivity contribution in [3.63, 3.8) is 0 Å². The van der Waals surface area contributed by atoms with Gasteiger partial charge in [-0.05, 0) is 27.7 Å². The molecular weight excluding hydrogens is 593 g/mol. The lowest BCUT2D eigenvalue weighted by Gasteiger charge is -2.37. The van der Waals surface area contributed by atoms with Crippen LogP contribution < -0.4 is 10.1 Å². The Balaban J connectivity index is 1.69. The van der Waals surface area contributed by atoms with E-state index in [0.29, 0.717) is 41.2 Å². The second-order valence-corrected chi connectivity index (χ2v) is 21.2. The predicted octanol–water partition coefficient (Wildman–Crippen LogP) is 5.19. The number of nitrogens with zero attached hydrogens (tertiary/aromatic N) is 3. The molecule has 0 amide bonds. The average molecular weight is 645 g/mol. The number of methoxy groups -OCH3 is 1. The van der Waals surface area contributed by atoms with Crippen LogP contribution >= 0.6 is 0 Å². The maximum atomic E-state index is 12.0. The monoisotopic (exact) mass is 644 g/mol. The van der Waals surface area contributed by atoms with Gasteiger partial charge in [0.1, 0.15) is 30.2 Å². The van der Waals surface area contributed by atoms with Crippen molar-refractivity contribution >= 4 is 28.6 Å². The van der Waals surface area contributed by atoms with Crippen LogP contribution in [0.4, 0.5) is 0 Å². The van der Waals surface area contributed by atoms with Gasteiger partial charge in [-0.15, -0.1) is 0 Å². The summed E-state index contributed by atoms with van der Waals surface area (Å²) in [6, 6.07) is 9.15. The fourth-order valence-electron chi connectivity index (χ4n) is 6.39. The molecule has 3 N–H and O–H groups in total. The van der Waals surface area contributed by atoms with Crippen LogP contribution in [0.3, 0.4) is 0 Å². The van der Waals surface area contributed by atoms with Gasteiger partial charge in [-0.3, -0.25) is 0 Å². The molecule has 4 atom stereocenters. The Morgan fingerprint density at radius 2 is 1.66 bits per heavy atom. The quantitative estimate of drug-likeness (QED) is 0.192. The molecule has 12 heteroatoms. The molecule has 1 aromatic carbocycles. The smallest absolute Gasteiger partial charge is 0.341 e. The number of benzene rings is 1. The molecule has 0 unspecified atom stereocenters. The minimum atomic E-state index is -3.21. The SMILES string of the molecule is COc1ncnc2c([C@@H]3N[C@H](CO[SiH](C(C)C)C(C)C)[C@@H](O[Si](O)(C(C)C)C(C)C)[C@H]3O)cn(COCc3ccccc3)c12. The first-order valence-electron chi connectivity index (χ1n) is 15.8. The van der Waals surface area contributed by atoms with Crippen LogP contribution in [0.5, 0.6) is 5.88 Å². The Kier molecular flexibility index (Phi) is 11.8. The van der Waals surface area contributed by atoms with Crippen molar-refractivity contribution in [3.05, 3.63) is 54.0 Å². The summed E-state index contributed by atoms with van der Waals surface area (Å²) in [5, 5.41) is 15.6. The van der Waals surface area contributed by atoms with Gasteiger partial charge in [-0.1, -0.05) is 85.7 Å². The molecule has 0 saturated carbocycles. The van der Waals surface area contributed by atoms with E-state index < -0.39 is 35.9 Å². The van der Waals surface area contributed by atoms with Gasteiger partial charge < -0.3 is 38.1 Å². The second-order valence-electron chi connectivity index (χ2n) is 13.3. The molecule has 10 nitrogen and oxygen atoms in total. The Morgan fingerprint density at radius 1 is 1.00 bits per heavy atom. The van der Waals surface area contributed by atoms with Crippen LogP contribution in [-0.2, 0) is 26.9 Å². The molecule has 1 saturated heterocycles. The van der Waals surface area contributed by atoms with Gasteiger partial charge >= 0.3 is 8.56 Å². The highest BCUT2D eigenvalue weighted by atomic mass is 28.4. The molecule has 0 spiro atoms. The lowest BCUT2D eigenvalue weighted by atomic mass is 10.0. The number of hydrogen-bond acceptors (Lipinski definition) is 9. The van der Waals surface area contributed by atoms with Gasteiger partial charge in [0, 0.05) is 11.8 Å². The Hall–Kier alpha value is -2.17. The number of hydrogen-bond donors (Lipinski definition) is 3. The molecule has 3 heterocycles. The minimum Gasteiger partial charge on any atom is -0.479 e. The van der Waals surface area contributed by atoms with Gasteiger partial charge in [-0.25, -0.2) is 4.98 Å². The summed E-state index contributed by atoms with van der Waals surface area (Å²) >= 11 is 0. The van der Waals surface area contributed by atoms with E-state index in [-0.39, 0.29) is 23.9 Å². The molecule has 2 aromatic heterocycles. The third-order valence-electron chi connectivity index (χ3n) is 8.74. The number of nitrogens with one attached hydrogen (secondary N) is 1. The summed E-state index contributed by atoms with van der Waals surface area (Å²) in [7, 11) is -3.18. The average Bonchev–Trinajstić information content (AvgIpc) is 3.50. The molecule has 0 aliphatic carbocycles. The summed E-state index contributed by atoms with van der Waals surface area (Å²) < 4.78 is 26.9. The van der Waals surface area contributed by atoms with E-state index in [9.17, 15) is 9.90 Å². The molecule has 44 heavy (non-hydrogen) atoms. The number of rotatable bonds is 15. The highest BCUT2D eigenvalue weighted by Gasteiger charge is 2.52. The number of aromatic nitrogens is 3. The van der Waals surface area contributed by atoms with Crippen molar-refractivity contribution in [2.24, 2.45) is 0 Å².